The summed E-state index contributed by atoms with van der Waals surface area (Å²) in [6.07, 6.45) is 1.90. The van der Waals surface area contributed by atoms with Gasteiger partial charge in [0.15, 0.2) is 0 Å². The Morgan fingerprint density at radius 1 is 1.39 bits per heavy atom. The zero-order valence-corrected chi connectivity index (χ0v) is 19.3. The van der Waals surface area contributed by atoms with Gasteiger partial charge in [-0.2, -0.15) is 5.10 Å². The van der Waals surface area contributed by atoms with Gasteiger partial charge in [-0.15, -0.1) is 0 Å². The summed E-state index contributed by atoms with van der Waals surface area (Å²) in [5, 5.41) is 16.3. The van der Waals surface area contributed by atoms with Gasteiger partial charge >= 0.3 is 29.6 Å². The van der Waals surface area contributed by atoms with Crippen molar-refractivity contribution in [1.82, 2.24) is 9.82 Å². The second kappa shape index (κ2) is 8.54. The average Bonchev–Trinajstić information content (AvgIpc) is 3.00. The molecule has 10 heteroatoms. The number of rotatable bonds is 6. The second-order valence-corrected chi connectivity index (χ2v) is 8.40. The van der Waals surface area contributed by atoms with Gasteiger partial charge in [0.1, 0.15) is 5.60 Å². The summed E-state index contributed by atoms with van der Waals surface area (Å²) in [5.74, 6) is -1.22. The minimum atomic E-state index is -3.54. The molecular weight excluding hydrogens is 393 g/mol. The van der Waals surface area contributed by atoms with E-state index >= 15 is 0 Å². The molecule has 0 saturated carbocycles. The van der Waals surface area contributed by atoms with E-state index in [1.807, 2.05) is 32.0 Å². The number of carbonyl (C=O) groups excluding carboxylic acids is 1. The number of para-hydroxylation sites is 1. The standard InChI is InChI=1S/C18H23N3O5S.Na/c1-4-11-7-6-8-12-15-13(20-21-27(3,24)25)10-26-18(5-2,9-14(22)23)17(15)19-16(11)12;/h6-8,19,21H,4-5,9-10H2,1-3H3,(H,22,23);/q;+1/p-1. The summed E-state index contributed by atoms with van der Waals surface area (Å²) in [6.45, 7) is 3.86. The van der Waals surface area contributed by atoms with E-state index in [1.54, 1.807) is 0 Å². The Morgan fingerprint density at radius 2 is 2.11 bits per heavy atom. The molecule has 1 aromatic carbocycles. The van der Waals surface area contributed by atoms with Crippen molar-refractivity contribution in [3.05, 3.63) is 35.0 Å². The Bertz CT molecular complexity index is 1030. The maximum absolute atomic E-state index is 11.5. The van der Waals surface area contributed by atoms with Crippen LogP contribution in [0.25, 0.3) is 10.9 Å². The van der Waals surface area contributed by atoms with Crippen LogP contribution in [-0.4, -0.2) is 37.9 Å². The molecule has 1 aliphatic heterocycles. The number of aliphatic carboxylic acids is 1. The Kier molecular flexibility index (Phi) is 6.99. The smallest absolute Gasteiger partial charge is 0.550 e. The molecule has 146 valence electrons. The second-order valence-electron chi connectivity index (χ2n) is 6.68. The van der Waals surface area contributed by atoms with Crippen LogP contribution in [0.4, 0.5) is 0 Å². The molecule has 2 heterocycles. The van der Waals surface area contributed by atoms with E-state index in [2.05, 4.69) is 14.9 Å². The first-order valence-corrected chi connectivity index (χ1v) is 10.6. The number of nitrogens with one attached hydrogen (secondary N) is 2. The van der Waals surface area contributed by atoms with Gasteiger partial charge in [0.05, 0.1) is 24.3 Å². The number of hydrogen-bond acceptors (Lipinski definition) is 6. The van der Waals surface area contributed by atoms with E-state index in [0.717, 1.165) is 29.1 Å². The number of sulfonamides is 1. The number of hydrogen-bond donors (Lipinski definition) is 2. The summed E-state index contributed by atoms with van der Waals surface area (Å²) in [5.41, 5.74) is 2.53. The molecule has 0 aliphatic carbocycles. The first-order chi connectivity index (χ1) is 12.7. The number of H-pyrrole nitrogens is 1. The maximum Gasteiger partial charge on any atom is 1.00 e. The fraction of sp³-hybridized carbons (Fsp3) is 0.444. The summed E-state index contributed by atoms with van der Waals surface area (Å²) >= 11 is 0. The van der Waals surface area contributed by atoms with Crippen LogP contribution in [0.15, 0.2) is 23.3 Å². The third-order valence-electron chi connectivity index (χ3n) is 4.88. The molecule has 28 heavy (non-hydrogen) atoms. The molecule has 0 fully saturated rings. The predicted octanol–water partition coefficient (Wildman–Crippen LogP) is -2.24. The largest absolute Gasteiger partial charge is 1.00 e. The van der Waals surface area contributed by atoms with Crippen LogP contribution < -0.4 is 39.5 Å². The molecule has 2 aromatic rings. The van der Waals surface area contributed by atoms with Crippen LogP contribution in [0.5, 0.6) is 0 Å². The number of carboxylic acid groups (broad SMARTS) is 1. The van der Waals surface area contributed by atoms with Gasteiger partial charge in [0.25, 0.3) is 0 Å². The topological polar surface area (TPSA) is 124 Å². The number of carboxylic acids is 1. The SMILES string of the molecule is CCc1cccc2c3c([nH]c12)C(CC)(CC(=O)[O-])OCC3=NNS(C)(=O)=O.[Na+]. The van der Waals surface area contributed by atoms with Crippen LogP contribution in [0, 0.1) is 0 Å². The third-order valence-corrected chi connectivity index (χ3v) is 5.30. The Balaban J connectivity index is 0.00000280. The zero-order valence-electron chi connectivity index (χ0n) is 16.5. The summed E-state index contributed by atoms with van der Waals surface area (Å²) in [4.78, 5) is 16.9. The van der Waals surface area contributed by atoms with Crippen molar-refractivity contribution < 1.29 is 52.6 Å². The number of nitrogens with zero attached hydrogens (tertiary/aromatic N) is 1. The molecule has 0 spiro atoms. The molecule has 2 N–H and O–H groups in total. The molecule has 0 saturated heterocycles. The van der Waals surface area contributed by atoms with Gasteiger partial charge in [0, 0.05) is 28.9 Å². The molecule has 1 atom stereocenters. The first-order valence-electron chi connectivity index (χ1n) is 8.72. The fourth-order valence-electron chi connectivity index (χ4n) is 3.57. The Morgan fingerprint density at radius 3 is 2.68 bits per heavy atom. The average molecular weight is 415 g/mol. The third kappa shape index (κ3) is 4.28. The number of ether oxygens (including phenoxy) is 1. The quantitative estimate of drug-likeness (QED) is 0.408. The van der Waals surface area contributed by atoms with Crippen molar-refractivity contribution in [2.75, 3.05) is 12.9 Å². The van der Waals surface area contributed by atoms with Gasteiger partial charge in [-0.1, -0.05) is 32.0 Å². The molecule has 1 unspecified atom stereocenters. The number of hydrazone groups is 1. The summed E-state index contributed by atoms with van der Waals surface area (Å²) in [6, 6.07) is 5.81. The van der Waals surface area contributed by atoms with Crippen molar-refractivity contribution in [1.29, 1.82) is 0 Å². The first kappa shape index (κ1) is 22.9. The van der Waals surface area contributed by atoms with E-state index in [0.29, 0.717) is 23.4 Å². The van der Waals surface area contributed by atoms with Crippen LogP contribution in [0.1, 0.15) is 43.5 Å². The van der Waals surface area contributed by atoms with Crippen molar-refractivity contribution in [3.8, 4) is 0 Å². The normalized spacial score (nSPS) is 20.6. The number of aryl methyl sites for hydroxylation is 1. The van der Waals surface area contributed by atoms with Crippen LogP contribution in [-0.2, 0) is 31.6 Å². The van der Waals surface area contributed by atoms with Gasteiger partial charge < -0.3 is 19.6 Å². The van der Waals surface area contributed by atoms with Gasteiger partial charge in [-0.3, -0.25) is 0 Å². The molecule has 1 aliphatic rings. The summed E-state index contributed by atoms with van der Waals surface area (Å²) < 4.78 is 28.8. The molecule has 0 amide bonds. The van der Waals surface area contributed by atoms with Crippen LogP contribution in [0.3, 0.4) is 0 Å². The van der Waals surface area contributed by atoms with Crippen molar-refractivity contribution in [2.45, 2.75) is 38.7 Å². The number of aromatic amines is 1. The monoisotopic (exact) mass is 415 g/mol. The number of carbonyl (C=O) groups is 1. The molecule has 0 radical (unpaired) electrons. The van der Waals surface area contributed by atoms with E-state index in [9.17, 15) is 18.3 Å². The van der Waals surface area contributed by atoms with Gasteiger partial charge in [-0.25, -0.2) is 13.2 Å². The minimum Gasteiger partial charge on any atom is -0.550 e. The predicted molar refractivity (Wildman–Crippen MR) is 99.7 cm³/mol. The molecule has 0 bridgehead atoms. The number of benzene rings is 1. The van der Waals surface area contributed by atoms with Gasteiger partial charge in [0.2, 0.25) is 10.0 Å². The number of aromatic nitrogens is 1. The van der Waals surface area contributed by atoms with Crippen LogP contribution >= 0.6 is 0 Å². The maximum atomic E-state index is 11.5. The van der Waals surface area contributed by atoms with Gasteiger partial charge in [-0.05, 0) is 18.4 Å². The molecule has 3 rings (SSSR count). The molecule has 8 nitrogen and oxygen atoms in total. The Hall–Kier alpha value is -1.39. The zero-order chi connectivity index (χ0) is 19.8. The number of fused-ring (bicyclic) bond motifs is 3. The summed E-state index contributed by atoms with van der Waals surface area (Å²) in [7, 11) is -3.54. The van der Waals surface area contributed by atoms with Crippen molar-refractivity contribution in [3.63, 3.8) is 0 Å². The van der Waals surface area contributed by atoms with Crippen LogP contribution in [0.2, 0.25) is 0 Å². The minimum absolute atomic E-state index is 0. The molecular formula is C18H22N3NaO5S. The molecule has 1 aromatic heterocycles. The van der Waals surface area contributed by atoms with E-state index in [-0.39, 0.29) is 42.6 Å². The van der Waals surface area contributed by atoms with E-state index in [1.165, 1.54) is 0 Å². The van der Waals surface area contributed by atoms with Crippen molar-refractivity contribution >= 4 is 32.6 Å². The van der Waals surface area contributed by atoms with E-state index in [4.69, 9.17) is 4.74 Å². The Labute approximate surface area is 186 Å². The van der Waals surface area contributed by atoms with E-state index < -0.39 is 21.6 Å². The fourth-order valence-corrected chi connectivity index (χ4v) is 3.84. The van der Waals surface area contributed by atoms with Crippen molar-refractivity contribution in [2.24, 2.45) is 5.10 Å².